The van der Waals surface area contributed by atoms with Gasteiger partial charge in [-0.2, -0.15) is 0 Å². The first kappa shape index (κ1) is 13.4. The predicted molar refractivity (Wildman–Crippen MR) is 63.3 cm³/mol. The molecule has 1 heterocycles. The summed E-state index contributed by atoms with van der Waals surface area (Å²) in [6, 6.07) is 0. The molecule has 0 aromatic carbocycles. The SMILES string of the molecule is CCN(CCC(=O)OC)c1ncc([N+](=O)[O-])s1. The molecule has 0 unspecified atom stereocenters. The van der Waals surface area contributed by atoms with Crippen molar-refractivity contribution in [3.63, 3.8) is 0 Å². The van der Waals surface area contributed by atoms with Crippen molar-refractivity contribution in [2.24, 2.45) is 0 Å². The van der Waals surface area contributed by atoms with Gasteiger partial charge in [0.25, 0.3) is 0 Å². The third-order valence-electron chi connectivity index (χ3n) is 2.13. The number of methoxy groups -OCH3 is 1. The second-order valence-corrected chi connectivity index (χ2v) is 4.13. The minimum atomic E-state index is -0.477. The summed E-state index contributed by atoms with van der Waals surface area (Å²) < 4.78 is 4.53. The van der Waals surface area contributed by atoms with Gasteiger partial charge in [0, 0.05) is 13.1 Å². The molecule has 0 aliphatic rings. The Hall–Kier alpha value is -1.70. The highest BCUT2D eigenvalue weighted by molar-refractivity contribution is 7.18. The molecule has 94 valence electrons. The zero-order chi connectivity index (χ0) is 12.8. The number of nitrogens with zero attached hydrogens (tertiary/aromatic N) is 3. The van der Waals surface area contributed by atoms with Crippen molar-refractivity contribution < 1.29 is 14.5 Å². The summed E-state index contributed by atoms with van der Waals surface area (Å²) in [5, 5.41) is 11.1. The molecule has 0 spiro atoms. The molecule has 0 aliphatic heterocycles. The Morgan fingerprint density at radius 2 is 2.41 bits per heavy atom. The summed E-state index contributed by atoms with van der Waals surface area (Å²) >= 11 is 0.997. The standard InChI is InChI=1S/C9H13N3O4S/c1-3-11(5-4-8(13)16-2)9-10-6-7(17-9)12(14)15/h6H,3-5H2,1-2H3. The Balaban J connectivity index is 2.65. The second kappa shape index (κ2) is 6.14. The van der Waals surface area contributed by atoms with E-state index in [0.29, 0.717) is 18.2 Å². The van der Waals surface area contributed by atoms with E-state index in [9.17, 15) is 14.9 Å². The number of rotatable bonds is 6. The zero-order valence-electron chi connectivity index (χ0n) is 9.58. The molecule has 0 N–H and O–H groups in total. The monoisotopic (exact) mass is 259 g/mol. The summed E-state index contributed by atoms with van der Waals surface area (Å²) in [6.45, 7) is 2.96. The van der Waals surface area contributed by atoms with Crippen LogP contribution >= 0.6 is 11.3 Å². The summed E-state index contributed by atoms with van der Waals surface area (Å²) in [7, 11) is 1.33. The van der Waals surface area contributed by atoms with E-state index in [1.165, 1.54) is 13.3 Å². The van der Waals surface area contributed by atoms with Gasteiger partial charge in [0.1, 0.15) is 6.20 Å². The summed E-state index contributed by atoms with van der Waals surface area (Å²) in [6.07, 6.45) is 1.46. The average Bonchev–Trinajstić information content (AvgIpc) is 2.79. The maximum Gasteiger partial charge on any atom is 0.345 e. The third-order valence-corrected chi connectivity index (χ3v) is 3.14. The van der Waals surface area contributed by atoms with Gasteiger partial charge in [0.15, 0.2) is 5.13 Å². The minimum Gasteiger partial charge on any atom is -0.469 e. The minimum absolute atomic E-state index is 0.00322. The molecule has 0 fully saturated rings. The first-order valence-corrected chi connectivity index (χ1v) is 5.82. The average molecular weight is 259 g/mol. The Morgan fingerprint density at radius 3 is 2.88 bits per heavy atom. The highest BCUT2D eigenvalue weighted by atomic mass is 32.1. The van der Waals surface area contributed by atoms with Crippen LogP contribution in [0.15, 0.2) is 6.20 Å². The maximum atomic E-state index is 11.0. The number of nitro groups is 1. The molecule has 0 bridgehead atoms. The smallest absolute Gasteiger partial charge is 0.345 e. The van der Waals surface area contributed by atoms with E-state index in [4.69, 9.17) is 0 Å². The molecule has 0 atom stereocenters. The van der Waals surface area contributed by atoms with Crippen LogP contribution in [0.4, 0.5) is 10.1 Å². The van der Waals surface area contributed by atoms with E-state index in [1.807, 2.05) is 6.92 Å². The number of carbonyl (C=O) groups excluding carboxylic acids is 1. The van der Waals surface area contributed by atoms with E-state index in [2.05, 4.69) is 9.72 Å². The number of aromatic nitrogens is 1. The lowest BCUT2D eigenvalue weighted by atomic mass is 10.4. The van der Waals surface area contributed by atoms with Crippen molar-refractivity contribution in [2.45, 2.75) is 13.3 Å². The molecular weight excluding hydrogens is 246 g/mol. The number of ether oxygens (including phenoxy) is 1. The van der Waals surface area contributed by atoms with Crippen LogP contribution in [0.2, 0.25) is 0 Å². The van der Waals surface area contributed by atoms with E-state index in [0.717, 1.165) is 11.3 Å². The number of hydrogen-bond donors (Lipinski definition) is 0. The molecule has 0 aliphatic carbocycles. The normalized spacial score (nSPS) is 10.0. The molecule has 0 amide bonds. The number of esters is 1. The summed E-state index contributed by atoms with van der Waals surface area (Å²) in [4.78, 5) is 26.8. The molecule has 1 aromatic rings. The van der Waals surface area contributed by atoms with Gasteiger partial charge in [0.05, 0.1) is 18.5 Å². The lowest BCUT2D eigenvalue weighted by molar-refractivity contribution is -0.380. The van der Waals surface area contributed by atoms with Crippen LogP contribution in [-0.2, 0) is 9.53 Å². The lowest BCUT2D eigenvalue weighted by Crippen LogP contribution is -2.25. The number of hydrogen-bond acceptors (Lipinski definition) is 7. The molecular formula is C9H13N3O4S. The van der Waals surface area contributed by atoms with E-state index < -0.39 is 4.92 Å². The molecule has 7 nitrogen and oxygen atoms in total. The second-order valence-electron chi connectivity index (χ2n) is 3.14. The topological polar surface area (TPSA) is 85.6 Å². The first-order valence-electron chi connectivity index (χ1n) is 5.00. The van der Waals surface area contributed by atoms with Gasteiger partial charge in [0.2, 0.25) is 0 Å². The van der Waals surface area contributed by atoms with Crippen molar-refractivity contribution in [1.82, 2.24) is 4.98 Å². The highest BCUT2D eigenvalue weighted by Crippen LogP contribution is 2.28. The molecule has 0 saturated heterocycles. The van der Waals surface area contributed by atoms with Gasteiger partial charge < -0.3 is 9.64 Å². The summed E-state index contributed by atoms with van der Waals surface area (Å²) in [5.74, 6) is -0.311. The van der Waals surface area contributed by atoms with Crippen LogP contribution < -0.4 is 4.90 Å². The Labute approximate surface area is 102 Å². The van der Waals surface area contributed by atoms with Crippen LogP contribution in [0.25, 0.3) is 0 Å². The molecule has 8 heteroatoms. The van der Waals surface area contributed by atoms with Gasteiger partial charge in [-0.05, 0) is 18.3 Å². The molecule has 0 radical (unpaired) electrons. The largest absolute Gasteiger partial charge is 0.469 e. The molecule has 17 heavy (non-hydrogen) atoms. The van der Waals surface area contributed by atoms with E-state index in [-0.39, 0.29) is 17.4 Å². The predicted octanol–water partition coefficient (Wildman–Crippen LogP) is 1.44. The first-order chi connectivity index (χ1) is 8.08. The quantitative estimate of drug-likeness (QED) is 0.436. The van der Waals surface area contributed by atoms with Crippen LogP contribution in [0.5, 0.6) is 0 Å². The molecule has 1 aromatic heterocycles. The Morgan fingerprint density at radius 1 is 1.71 bits per heavy atom. The van der Waals surface area contributed by atoms with Crippen LogP contribution in [-0.4, -0.2) is 36.1 Å². The summed E-state index contributed by atoms with van der Waals surface area (Å²) in [5.41, 5.74) is 0. The van der Waals surface area contributed by atoms with Crippen molar-refractivity contribution in [1.29, 1.82) is 0 Å². The Bertz CT molecular complexity index is 407. The third kappa shape index (κ3) is 3.66. The van der Waals surface area contributed by atoms with Crippen molar-refractivity contribution in [2.75, 3.05) is 25.1 Å². The highest BCUT2D eigenvalue weighted by Gasteiger charge is 2.16. The fourth-order valence-electron chi connectivity index (χ4n) is 1.20. The lowest BCUT2D eigenvalue weighted by Gasteiger charge is -2.18. The number of anilines is 1. The van der Waals surface area contributed by atoms with Crippen LogP contribution in [0, 0.1) is 10.1 Å². The van der Waals surface area contributed by atoms with Gasteiger partial charge in [-0.3, -0.25) is 14.9 Å². The van der Waals surface area contributed by atoms with E-state index >= 15 is 0 Å². The zero-order valence-corrected chi connectivity index (χ0v) is 10.4. The number of carbonyl (C=O) groups is 1. The Kier molecular flexibility index (Phi) is 4.83. The van der Waals surface area contributed by atoms with Gasteiger partial charge >= 0.3 is 11.0 Å². The van der Waals surface area contributed by atoms with Gasteiger partial charge in [-0.15, -0.1) is 0 Å². The van der Waals surface area contributed by atoms with Crippen molar-refractivity contribution in [3.8, 4) is 0 Å². The van der Waals surface area contributed by atoms with Gasteiger partial charge in [-0.1, -0.05) is 0 Å². The van der Waals surface area contributed by atoms with E-state index in [1.54, 1.807) is 4.90 Å². The van der Waals surface area contributed by atoms with Crippen molar-refractivity contribution in [3.05, 3.63) is 16.3 Å². The molecule has 1 rings (SSSR count). The fraction of sp³-hybridized carbons (Fsp3) is 0.556. The van der Waals surface area contributed by atoms with Gasteiger partial charge in [-0.25, -0.2) is 4.98 Å². The van der Waals surface area contributed by atoms with Crippen LogP contribution in [0.1, 0.15) is 13.3 Å². The maximum absolute atomic E-state index is 11.0. The molecule has 0 saturated carbocycles. The number of thiazole rings is 1. The fourth-order valence-corrected chi connectivity index (χ4v) is 2.03. The van der Waals surface area contributed by atoms with Crippen molar-refractivity contribution >= 4 is 27.4 Å². The van der Waals surface area contributed by atoms with Crippen LogP contribution in [0.3, 0.4) is 0 Å².